The molecule has 0 radical (unpaired) electrons. The Morgan fingerprint density at radius 3 is 2.58 bits per heavy atom. The molecule has 0 aliphatic heterocycles. The maximum Gasteiger partial charge on any atom is 0.00958 e. The summed E-state index contributed by atoms with van der Waals surface area (Å²) in [5, 5.41) is 0. The van der Waals surface area contributed by atoms with Gasteiger partial charge in [0.15, 0.2) is 0 Å². The van der Waals surface area contributed by atoms with E-state index in [2.05, 4.69) is 13.5 Å². The summed E-state index contributed by atoms with van der Waals surface area (Å²) >= 11 is 0. The molecule has 1 unspecified atom stereocenters. The van der Waals surface area contributed by atoms with E-state index in [-0.39, 0.29) is 0 Å². The maximum atomic E-state index is 6.15. The number of rotatable bonds is 4. The lowest BCUT2D eigenvalue weighted by Gasteiger charge is -2.30. The minimum absolute atomic E-state index is 0.387. The molecule has 0 amide bonds. The first-order valence-electron chi connectivity index (χ1n) is 5.05. The molecule has 0 heterocycles. The Balaban J connectivity index is 2.38. The molecule has 0 saturated heterocycles. The molecule has 1 nitrogen and oxygen atoms in total. The fourth-order valence-corrected chi connectivity index (χ4v) is 2.20. The highest BCUT2D eigenvalue weighted by molar-refractivity contribution is 4.90. The number of nitrogens with two attached hydrogens (primary N) is 1. The highest BCUT2D eigenvalue weighted by atomic mass is 14.7. The molecule has 2 N–H and O–H groups in total. The van der Waals surface area contributed by atoms with E-state index in [9.17, 15) is 0 Å². The van der Waals surface area contributed by atoms with Crippen molar-refractivity contribution in [1.29, 1.82) is 0 Å². The van der Waals surface area contributed by atoms with Crippen LogP contribution in [0.5, 0.6) is 0 Å². The van der Waals surface area contributed by atoms with E-state index in [0.29, 0.717) is 11.5 Å². The molecule has 1 aliphatic carbocycles. The standard InChI is InChI=1S/C11H21N/c1-3-4-7-10(12)11(2)8-5-6-9-11/h3,10H,1,4-9,12H2,2H3. The van der Waals surface area contributed by atoms with Crippen molar-refractivity contribution >= 4 is 0 Å². The minimum Gasteiger partial charge on any atom is -0.327 e. The first-order chi connectivity index (χ1) is 5.69. The summed E-state index contributed by atoms with van der Waals surface area (Å²) in [6, 6.07) is 0.387. The summed E-state index contributed by atoms with van der Waals surface area (Å²) in [6.45, 7) is 6.07. The van der Waals surface area contributed by atoms with Crippen molar-refractivity contribution in [1.82, 2.24) is 0 Å². The van der Waals surface area contributed by atoms with Crippen molar-refractivity contribution in [3.63, 3.8) is 0 Å². The van der Waals surface area contributed by atoms with Crippen LogP contribution in [0.2, 0.25) is 0 Å². The third-order valence-electron chi connectivity index (χ3n) is 3.32. The molecule has 0 aromatic heterocycles. The van der Waals surface area contributed by atoms with Crippen LogP contribution in [-0.4, -0.2) is 6.04 Å². The zero-order valence-electron chi connectivity index (χ0n) is 8.18. The van der Waals surface area contributed by atoms with Gasteiger partial charge >= 0.3 is 0 Å². The summed E-state index contributed by atoms with van der Waals surface area (Å²) in [5.74, 6) is 0. The first-order valence-corrected chi connectivity index (χ1v) is 5.05. The van der Waals surface area contributed by atoms with Crippen LogP contribution < -0.4 is 5.73 Å². The third-order valence-corrected chi connectivity index (χ3v) is 3.32. The molecule has 0 spiro atoms. The van der Waals surface area contributed by atoms with Crippen LogP contribution in [0.4, 0.5) is 0 Å². The second kappa shape index (κ2) is 4.08. The zero-order chi connectivity index (χ0) is 9.03. The minimum atomic E-state index is 0.387. The second-order valence-corrected chi connectivity index (χ2v) is 4.33. The Kier molecular flexibility index (Phi) is 3.33. The van der Waals surface area contributed by atoms with Gasteiger partial charge in [-0.15, -0.1) is 6.58 Å². The average Bonchev–Trinajstić information content (AvgIpc) is 2.49. The molecule has 0 aromatic carbocycles. The van der Waals surface area contributed by atoms with Crippen molar-refractivity contribution in [3.05, 3.63) is 12.7 Å². The van der Waals surface area contributed by atoms with Gasteiger partial charge in [0.25, 0.3) is 0 Å². The Morgan fingerprint density at radius 1 is 1.50 bits per heavy atom. The highest BCUT2D eigenvalue weighted by Crippen LogP contribution is 2.40. The predicted molar refractivity (Wildman–Crippen MR) is 54.0 cm³/mol. The van der Waals surface area contributed by atoms with Crippen LogP contribution in [0, 0.1) is 5.41 Å². The predicted octanol–water partition coefficient (Wildman–Crippen LogP) is 2.86. The molecule has 70 valence electrons. The molecule has 0 bridgehead atoms. The summed E-state index contributed by atoms with van der Waals surface area (Å²) in [7, 11) is 0. The smallest absolute Gasteiger partial charge is 0.00958 e. The lowest BCUT2D eigenvalue weighted by molar-refractivity contribution is 0.252. The van der Waals surface area contributed by atoms with Crippen molar-refractivity contribution in [2.24, 2.45) is 11.1 Å². The van der Waals surface area contributed by atoms with Crippen LogP contribution in [0.15, 0.2) is 12.7 Å². The van der Waals surface area contributed by atoms with Gasteiger partial charge in [0.2, 0.25) is 0 Å². The molecule has 1 saturated carbocycles. The topological polar surface area (TPSA) is 26.0 Å². The number of allylic oxidation sites excluding steroid dienone is 1. The van der Waals surface area contributed by atoms with Crippen LogP contribution >= 0.6 is 0 Å². The van der Waals surface area contributed by atoms with Crippen molar-refractivity contribution in [2.75, 3.05) is 0 Å². The third kappa shape index (κ3) is 2.10. The first kappa shape index (κ1) is 9.79. The van der Waals surface area contributed by atoms with E-state index in [4.69, 9.17) is 5.73 Å². The second-order valence-electron chi connectivity index (χ2n) is 4.33. The zero-order valence-corrected chi connectivity index (χ0v) is 8.18. The molecule has 12 heavy (non-hydrogen) atoms. The Hall–Kier alpha value is -0.300. The summed E-state index contributed by atoms with van der Waals surface area (Å²) in [5.41, 5.74) is 6.59. The average molecular weight is 167 g/mol. The van der Waals surface area contributed by atoms with Gasteiger partial charge in [0.1, 0.15) is 0 Å². The van der Waals surface area contributed by atoms with Gasteiger partial charge in [-0.3, -0.25) is 0 Å². The Bertz CT molecular complexity index is 145. The quantitative estimate of drug-likeness (QED) is 0.640. The van der Waals surface area contributed by atoms with Gasteiger partial charge < -0.3 is 5.73 Å². The van der Waals surface area contributed by atoms with E-state index in [1.807, 2.05) is 6.08 Å². The van der Waals surface area contributed by atoms with Crippen LogP contribution in [-0.2, 0) is 0 Å². The Morgan fingerprint density at radius 2 is 2.08 bits per heavy atom. The van der Waals surface area contributed by atoms with Gasteiger partial charge in [0.05, 0.1) is 0 Å². The van der Waals surface area contributed by atoms with Gasteiger partial charge in [-0.25, -0.2) is 0 Å². The van der Waals surface area contributed by atoms with Gasteiger partial charge in [-0.05, 0) is 31.1 Å². The van der Waals surface area contributed by atoms with Crippen LogP contribution in [0.1, 0.15) is 45.4 Å². The molecule has 1 atom stereocenters. The van der Waals surface area contributed by atoms with E-state index in [1.165, 1.54) is 25.7 Å². The molecular weight excluding hydrogens is 146 g/mol. The van der Waals surface area contributed by atoms with Gasteiger partial charge in [-0.2, -0.15) is 0 Å². The summed E-state index contributed by atoms with van der Waals surface area (Å²) in [4.78, 5) is 0. The highest BCUT2D eigenvalue weighted by Gasteiger charge is 2.33. The molecule has 1 aliphatic rings. The SMILES string of the molecule is C=CCCC(N)C1(C)CCCC1. The van der Waals surface area contributed by atoms with Crippen molar-refractivity contribution in [2.45, 2.75) is 51.5 Å². The van der Waals surface area contributed by atoms with Gasteiger partial charge in [-0.1, -0.05) is 25.8 Å². The molecule has 1 fully saturated rings. The maximum absolute atomic E-state index is 6.15. The summed E-state index contributed by atoms with van der Waals surface area (Å²) < 4.78 is 0. The summed E-state index contributed by atoms with van der Waals surface area (Å²) in [6.07, 6.45) is 9.54. The van der Waals surface area contributed by atoms with E-state index < -0.39 is 0 Å². The molecule has 1 rings (SSSR count). The Labute approximate surface area is 76.0 Å². The monoisotopic (exact) mass is 167 g/mol. The lowest BCUT2D eigenvalue weighted by atomic mass is 9.79. The fourth-order valence-electron chi connectivity index (χ4n) is 2.20. The van der Waals surface area contributed by atoms with E-state index >= 15 is 0 Å². The molecule has 1 heteroatoms. The van der Waals surface area contributed by atoms with E-state index in [1.54, 1.807) is 0 Å². The molecule has 0 aromatic rings. The van der Waals surface area contributed by atoms with Crippen LogP contribution in [0.25, 0.3) is 0 Å². The number of hydrogen-bond donors (Lipinski definition) is 1. The fraction of sp³-hybridized carbons (Fsp3) is 0.818. The van der Waals surface area contributed by atoms with Crippen molar-refractivity contribution in [3.8, 4) is 0 Å². The largest absolute Gasteiger partial charge is 0.327 e. The van der Waals surface area contributed by atoms with Gasteiger partial charge in [0, 0.05) is 6.04 Å². The lowest BCUT2D eigenvalue weighted by Crippen LogP contribution is -2.37. The van der Waals surface area contributed by atoms with Crippen LogP contribution in [0.3, 0.4) is 0 Å². The molecular formula is C11H21N. The normalized spacial score (nSPS) is 23.8. The van der Waals surface area contributed by atoms with Crippen molar-refractivity contribution < 1.29 is 0 Å². The number of hydrogen-bond acceptors (Lipinski definition) is 1. The van der Waals surface area contributed by atoms with E-state index in [0.717, 1.165) is 12.8 Å².